The number of thiazole rings is 1. The Morgan fingerprint density at radius 2 is 2.10 bits per heavy atom. The highest BCUT2D eigenvalue weighted by Crippen LogP contribution is 2.35. The minimum Gasteiger partial charge on any atom is -0.349 e. The highest BCUT2D eigenvalue weighted by molar-refractivity contribution is 7.98. The molecule has 0 radical (unpaired) electrons. The molecule has 30 heavy (non-hydrogen) atoms. The summed E-state index contributed by atoms with van der Waals surface area (Å²) in [5.41, 5.74) is 0.778. The number of hydrogen-bond acceptors (Lipinski definition) is 8. The summed E-state index contributed by atoms with van der Waals surface area (Å²) in [4.78, 5) is 21.6. The molecule has 0 aliphatic rings. The molecule has 158 valence electrons. The molecule has 1 atom stereocenters. The standard InChI is InChI=1S/C20H24N6OS3/c1-4-25(5-2)20-22-19-15(30-20)12-14(29-19)18(27)21-13(9-11-28-3)17-24-23-16-8-6-7-10-26(16)17/h6-8,10,12-13H,4-5,9,11H2,1-3H3,(H,21,27). The number of anilines is 1. The van der Waals surface area contributed by atoms with Gasteiger partial charge in [0.15, 0.2) is 16.6 Å². The lowest BCUT2D eigenvalue weighted by atomic mass is 10.2. The number of thiophene rings is 1. The molecule has 7 nitrogen and oxygen atoms in total. The fourth-order valence-corrected chi connectivity index (χ4v) is 6.01. The predicted octanol–water partition coefficient (Wildman–Crippen LogP) is 4.47. The lowest BCUT2D eigenvalue weighted by molar-refractivity contribution is 0.0938. The zero-order chi connectivity index (χ0) is 21.1. The van der Waals surface area contributed by atoms with Crippen molar-refractivity contribution >= 4 is 60.7 Å². The van der Waals surface area contributed by atoms with E-state index in [4.69, 9.17) is 4.98 Å². The fourth-order valence-electron chi connectivity index (χ4n) is 3.29. The van der Waals surface area contributed by atoms with E-state index in [1.54, 1.807) is 23.1 Å². The first-order chi connectivity index (χ1) is 14.6. The molecule has 0 bridgehead atoms. The van der Waals surface area contributed by atoms with Gasteiger partial charge in [-0.3, -0.25) is 9.20 Å². The minimum atomic E-state index is -0.207. The van der Waals surface area contributed by atoms with Crippen molar-refractivity contribution in [3.8, 4) is 0 Å². The first-order valence-electron chi connectivity index (χ1n) is 9.89. The van der Waals surface area contributed by atoms with E-state index in [2.05, 4.69) is 40.5 Å². The molecular formula is C20H24N6OS3. The van der Waals surface area contributed by atoms with E-state index in [1.165, 1.54) is 11.3 Å². The van der Waals surface area contributed by atoms with Gasteiger partial charge in [0.1, 0.15) is 4.83 Å². The molecule has 0 aromatic carbocycles. The molecule has 0 saturated heterocycles. The molecule has 4 aromatic rings. The summed E-state index contributed by atoms with van der Waals surface area (Å²) in [6, 6.07) is 7.53. The van der Waals surface area contributed by atoms with Crippen molar-refractivity contribution in [1.82, 2.24) is 24.9 Å². The number of thioether (sulfide) groups is 1. The van der Waals surface area contributed by atoms with Crippen molar-refractivity contribution in [2.45, 2.75) is 26.3 Å². The lowest BCUT2D eigenvalue weighted by Crippen LogP contribution is -2.29. The molecule has 1 N–H and O–H groups in total. The van der Waals surface area contributed by atoms with Gasteiger partial charge in [0.05, 0.1) is 15.6 Å². The number of nitrogens with zero attached hydrogens (tertiary/aromatic N) is 5. The molecule has 1 amide bonds. The van der Waals surface area contributed by atoms with Crippen molar-refractivity contribution in [2.75, 3.05) is 30.0 Å². The number of carbonyl (C=O) groups excluding carboxylic acids is 1. The fraction of sp³-hybridized carbons (Fsp3) is 0.400. The van der Waals surface area contributed by atoms with Crippen molar-refractivity contribution in [2.24, 2.45) is 0 Å². The zero-order valence-electron chi connectivity index (χ0n) is 17.2. The number of pyridine rings is 1. The molecule has 0 saturated carbocycles. The Balaban J connectivity index is 1.57. The average Bonchev–Trinajstić information content (AvgIpc) is 3.45. The number of hydrogen-bond donors (Lipinski definition) is 1. The molecule has 0 spiro atoms. The smallest absolute Gasteiger partial charge is 0.262 e. The highest BCUT2D eigenvalue weighted by atomic mass is 32.2. The van der Waals surface area contributed by atoms with Gasteiger partial charge in [-0.05, 0) is 50.5 Å². The molecule has 4 rings (SSSR count). The number of nitrogens with one attached hydrogen (secondary N) is 1. The van der Waals surface area contributed by atoms with Crippen LogP contribution in [0.25, 0.3) is 15.2 Å². The van der Waals surface area contributed by atoms with Crippen LogP contribution in [0.1, 0.15) is 41.8 Å². The van der Waals surface area contributed by atoms with Crippen molar-refractivity contribution < 1.29 is 4.79 Å². The van der Waals surface area contributed by atoms with E-state index in [0.29, 0.717) is 4.88 Å². The van der Waals surface area contributed by atoms with Gasteiger partial charge >= 0.3 is 0 Å². The quantitative estimate of drug-likeness (QED) is 0.397. The molecule has 0 aliphatic heterocycles. The molecule has 1 unspecified atom stereocenters. The average molecular weight is 461 g/mol. The van der Waals surface area contributed by atoms with Gasteiger partial charge in [-0.2, -0.15) is 11.8 Å². The molecular weight excluding hydrogens is 436 g/mol. The number of amides is 1. The molecule has 0 fully saturated rings. The Morgan fingerprint density at radius 1 is 1.27 bits per heavy atom. The molecule has 10 heteroatoms. The Kier molecular flexibility index (Phi) is 6.55. The number of fused-ring (bicyclic) bond motifs is 2. The van der Waals surface area contributed by atoms with Crippen LogP contribution in [-0.4, -0.2) is 50.6 Å². The number of aromatic nitrogens is 4. The van der Waals surface area contributed by atoms with Crippen LogP contribution in [0.2, 0.25) is 0 Å². The van der Waals surface area contributed by atoms with Crippen LogP contribution in [-0.2, 0) is 0 Å². The zero-order valence-corrected chi connectivity index (χ0v) is 19.6. The summed E-state index contributed by atoms with van der Waals surface area (Å²) in [7, 11) is 0. The summed E-state index contributed by atoms with van der Waals surface area (Å²) in [5, 5.41) is 12.8. The number of rotatable bonds is 9. The van der Waals surface area contributed by atoms with E-state index >= 15 is 0 Å². The van der Waals surface area contributed by atoms with Crippen molar-refractivity contribution in [3.63, 3.8) is 0 Å². The molecule has 0 aliphatic carbocycles. The maximum Gasteiger partial charge on any atom is 0.262 e. The third kappa shape index (κ3) is 4.17. The van der Waals surface area contributed by atoms with Crippen LogP contribution in [0.3, 0.4) is 0 Å². The Morgan fingerprint density at radius 3 is 2.83 bits per heavy atom. The topological polar surface area (TPSA) is 75.4 Å². The van der Waals surface area contributed by atoms with Gasteiger partial charge in [0.2, 0.25) is 0 Å². The van der Waals surface area contributed by atoms with E-state index in [0.717, 1.165) is 51.4 Å². The van der Waals surface area contributed by atoms with Crippen LogP contribution in [0, 0.1) is 0 Å². The first kappa shape index (κ1) is 21.1. The maximum atomic E-state index is 13.0. The van der Waals surface area contributed by atoms with Crippen LogP contribution in [0.4, 0.5) is 5.13 Å². The third-order valence-corrected chi connectivity index (χ3v) is 7.77. The molecule has 4 aromatic heterocycles. The van der Waals surface area contributed by atoms with E-state index in [1.807, 2.05) is 34.9 Å². The van der Waals surface area contributed by atoms with Crippen LogP contribution in [0.5, 0.6) is 0 Å². The second-order valence-corrected chi connectivity index (χ2v) is 9.77. The summed E-state index contributed by atoms with van der Waals surface area (Å²) in [6.45, 7) is 6.10. The van der Waals surface area contributed by atoms with Crippen molar-refractivity contribution in [1.29, 1.82) is 0 Å². The molecule has 4 heterocycles. The largest absolute Gasteiger partial charge is 0.349 e. The van der Waals surface area contributed by atoms with E-state index in [9.17, 15) is 4.79 Å². The van der Waals surface area contributed by atoms with E-state index in [-0.39, 0.29) is 11.9 Å². The Bertz CT molecular complexity index is 1110. The SMILES string of the molecule is CCN(CC)c1nc2sc(C(=O)NC(CCSC)c3nnc4ccccn34)cc2s1. The van der Waals surface area contributed by atoms with Gasteiger partial charge in [0, 0.05) is 19.3 Å². The van der Waals surface area contributed by atoms with Gasteiger partial charge in [0.25, 0.3) is 5.91 Å². The third-order valence-electron chi connectivity index (χ3n) is 4.90. The number of carbonyl (C=O) groups is 1. The monoisotopic (exact) mass is 460 g/mol. The second-order valence-electron chi connectivity index (χ2n) is 6.74. The summed E-state index contributed by atoms with van der Waals surface area (Å²) < 4.78 is 3.00. The lowest BCUT2D eigenvalue weighted by Gasteiger charge is -2.17. The van der Waals surface area contributed by atoms with Crippen molar-refractivity contribution in [3.05, 3.63) is 41.2 Å². The highest BCUT2D eigenvalue weighted by Gasteiger charge is 2.23. The Labute approximate surface area is 187 Å². The Hall–Kier alpha value is -2.17. The summed E-state index contributed by atoms with van der Waals surface area (Å²) >= 11 is 4.83. The van der Waals surface area contributed by atoms with Crippen LogP contribution < -0.4 is 10.2 Å². The van der Waals surface area contributed by atoms with Gasteiger partial charge in [-0.1, -0.05) is 17.4 Å². The summed E-state index contributed by atoms with van der Waals surface area (Å²) in [5.74, 6) is 1.59. The van der Waals surface area contributed by atoms with Crippen LogP contribution in [0.15, 0.2) is 30.5 Å². The van der Waals surface area contributed by atoms with Gasteiger partial charge < -0.3 is 10.2 Å². The normalized spacial score (nSPS) is 12.5. The minimum absolute atomic E-state index is 0.0895. The summed E-state index contributed by atoms with van der Waals surface area (Å²) in [6.07, 6.45) is 4.78. The van der Waals surface area contributed by atoms with Gasteiger partial charge in [-0.25, -0.2) is 4.98 Å². The second kappa shape index (κ2) is 9.32. The first-order valence-corrected chi connectivity index (χ1v) is 12.9. The van der Waals surface area contributed by atoms with E-state index < -0.39 is 0 Å². The maximum absolute atomic E-state index is 13.0. The predicted molar refractivity (Wildman–Crippen MR) is 127 cm³/mol. The van der Waals surface area contributed by atoms with Gasteiger partial charge in [-0.15, -0.1) is 21.5 Å². The van der Waals surface area contributed by atoms with Crippen LogP contribution >= 0.6 is 34.4 Å².